The number of ether oxygens (including phenoxy) is 1. The molecule has 0 amide bonds. The van der Waals surface area contributed by atoms with Gasteiger partial charge >= 0.3 is 12.4 Å². The lowest BCUT2D eigenvalue weighted by Crippen LogP contribution is -2.47. The molecule has 2 fully saturated rings. The number of hydrogen-bond donors (Lipinski definition) is 1. The maximum absolute atomic E-state index is 13.4. The number of aromatic nitrogens is 1. The first-order chi connectivity index (χ1) is 16.0. The molecule has 9 heteroatoms. The molecule has 1 aromatic heterocycles. The molecule has 0 radical (unpaired) electrons. The summed E-state index contributed by atoms with van der Waals surface area (Å²) in [5, 5.41) is 3.08. The van der Waals surface area contributed by atoms with Crippen molar-refractivity contribution in [3.63, 3.8) is 0 Å². The Bertz CT molecular complexity index is 984. The molecule has 1 atom stereocenters. The quantitative estimate of drug-likeness (QED) is 0.366. The van der Waals surface area contributed by atoms with E-state index in [2.05, 4.69) is 10.3 Å². The second-order valence-corrected chi connectivity index (χ2v) is 9.48. The van der Waals surface area contributed by atoms with Gasteiger partial charge in [-0.25, -0.2) is 0 Å². The van der Waals surface area contributed by atoms with Crippen molar-refractivity contribution in [2.45, 2.75) is 74.9 Å². The van der Waals surface area contributed by atoms with E-state index in [0.717, 1.165) is 44.0 Å². The topological polar surface area (TPSA) is 34.2 Å². The van der Waals surface area contributed by atoms with Gasteiger partial charge in [-0.2, -0.15) is 26.3 Å². The van der Waals surface area contributed by atoms with Gasteiger partial charge in [0.05, 0.1) is 16.7 Å². The van der Waals surface area contributed by atoms with Gasteiger partial charge in [-0.1, -0.05) is 31.0 Å². The highest BCUT2D eigenvalue weighted by molar-refractivity contribution is 5.33. The van der Waals surface area contributed by atoms with Crippen LogP contribution in [0.1, 0.15) is 67.2 Å². The summed E-state index contributed by atoms with van der Waals surface area (Å²) in [5.41, 5.74) is -1.63. The number of alkyl halides is 6. The molecule has 3 nitrogen and oxygen atoms in total. The Kier molecular flexibility index (Phi) is 6.97. The third kappa shape index (κ3) is 5.40. The number of benzene rings is 1. The number of nitrogens with zero attached hydrogens (tertiary/aromatic N) is 1. The maximum Gasteiger partial charge on any atom is 0.416 e. The molecule has 2 heterocycles. The Morgan fingerprint density at radius 1 is 0.971 bits per heavy atom. The van der Waals surface area contributed by atoms with Crippen molar-refractivity contribution in [2.75, 3.05) is 13.2 Å². The first kappa shape index (κ1) is 25.0. The fourth-order valence-corrected chi connectivity index (χ4v) is 5.58. The van der Waals surface area contributed by atoms with Gasteiger partial charge in [0.15, 0.2) is 0 Å². The van der Waals surface area contributed by atoms with Crippen molar-refractivity contribution in [1.29, 1.82) is 0 Å². The second kappa shape index (κ2) is 9.49. The average molecular weight is 487 g/mol. The predicted octanol–water partition coefficient (Wildman–Crippen LogP) is 6.66. The minimum absolute atomic E-state index is 0.0248. The van der Waals surface area contributed by atoms with Crippen molar-refractivity contribution in [2.24, 2.45) is 0 Å². The Labute approximate surface area is 194 Å². The largest absolute Gasteiger partial charge is 0.416 e. The SMILES string of the molecule is FC(F)(F)c1cccc([C@@]2(CCNCc3cnccc3C(F)(F)F)CCOC3(CCCC3)C2)c1. The van der Waals surface area contributed by atoms with E-state index in [-0.39, 0.29) is 17.7 Å². The van der Waals surface area contributed by atoms with E-state index >= 15 is 0 Å². The summed E-state index contributed by atoms with van der Waals surface area (Å²) in [6.45, 7) is 0.790. The molecule has 1 aliphatic heterocycles. The summed E-state index contributed by atoms with van der Waals surface area (Å²) >= 11 is 0. The number of rotatable bonds is 6. The smallest absolute Gasteiger partial charge is 0.375 e. The molecule has 1 spiro atoms. The zero-order valence-electron chi connectivity index (χ0n) is 18.7. The zero-order valence-corrected chi connectivity index (χ0v) is 18.7. The highest BCUT2D eigenvalue weighted by Crippen LogP contribution is 2.50. The Morgan fingerprint density at radius 2 is 1.74 bits per heavy atom. The van der Waals surface area contributed by atoms with Crippen molar-refractivity contribution < 1.29 is 31.1 Å². The predicted molar refractivity (Wildman–Crippen MR) is 115 cm³/mol. The molecule has 1 aliphatic carbocycles. The van der Waals surface area contributed by atoms with Crippen LogP contribution in [0.25, 0.3) is 0 Å². The van der Waals surface area contributed by atoms with Gasteiger partial charge < -0.3 is 10.1 Å². The summed E-state index contributed by atoms with van der Waals surface area (Å²) in [5.74, 6) is 0. The molecule has 34 heavy (non-hydrogen) atoms. The van der Waals surface area contributed by atoms with Gasteiger partial charge in [-0.15, -0.1) is 0 Å². The summed E-state index contributed by atoms with van der Waals surface area (Å²) in [7, 11) is 0. The van der Waals surface area contributed by atoms with Gasteiger partial charge in [-0.3, -0.25) is 4.98 Å². The molecule has 1 N–H and O–H groups in total. The monoisotopic (exact) mass is 486 g/mol. The minimum Gasteiger partial charge on any atom is -0.375 e. The highest BCUT2D eigenvalue weighted by atomic mass is 19.4. The molecule has 2 aromatic rings. The van der Waals surface area contributed by atoms with Gasteiger partial charge in [0, 0.05) is 31.0 Å². The van der Waals surface area contributed by atoms with Gasteiger partial charge in [0.25, 0.3) is 0 Å². The highest BCUT2D eigenvalue weighted by Gasteiger charge is 2.48. The summed E-state index contributed by atoms with van der Waals surface area (Å²) in [6.07, 6.45) is -1.12. The van der Waals surface area contributed by atoms with Crippen LogP contribution in [0.2, 0.25) is 0 Å². The minimum atomic E-state index is -4.48. The van der Waals surface area contributed by atoms with Crippen molar-refractivity contribution in [1.82, 2.24) is 10.3 Å². The lowest BCUT2D eigenvalue weighted by Gasteiger charge is -2.47. The molecule has 4 rings (SSSR count). The van der Waals surface area contributed by atoms with Crippen molar-refractivity contribution >= 4 is 0 Å². The number of nitrogens with one attached hydrogen (secondary N) is 1. The van der Waals surface area contributed by atoms with Crippen LogP contribution in [0, 0.1) is 0 Å². The van der Waals surface area contributed by atoms with E-state index in [1.807, 2.05) is 0 Å². The molecule has 0 unspecified atom stereocenters. The van der Waals surface area contributed by atoms with Crippen LogP contribution in [0.15, 0.2) is 42.7 Å². The van der Waals surface area contributed by atoms with E-state index in [9.17, 15) is 26.3 Å². The van der Waals surface area contributed by atoms with Crippen LogP contribution in [0.5, 0.6) is 0 Å². The lowest BCUT2D eigenvalue weighted by atomic mass is 9.66. The fraction of sp³-hybridized carbons (Fsp3) is 0.560. The van der Waals surface area contributed by atoms with Crippen LogP contribution in [-0.2, 0) is 29.0 Å². The van der Waals surface area contributed by atoms with Crippen LogP contribution in [0.4, 0.5) is 26.3 Å². The first-order valence-electron chi connectivity index (χ1n) is 11.6. The number of pyridine rings is 1. The normalized spacial score (nSPS) is 22.9. The van der Waals surface area contributed by atoms with Crippen LogP contribution in [-0.4, -0.2) is 23.7 Å². The summed E-state index contributed by atoms with van der Waals surface area (Å²) < 4.78 is 86.3. The van der Waals surface area contributed by atoms with E-state index in [4.69, 9.17) is 4.74 Å². The maximum atomic E-state index is 13.4. The molecule has 1 aromatic carbocycles. The van der Waals surface area contributed by atoms with Crippen LogP contribution in [0.3, 0.4) is 0 Å². The number of halogens is 6. The molecule has 0 bridgehead atoms. The molecule has 1 saturated heterocycles. The third-order valence-electron chi connectivity index (χ3n) is 7.27. The zero-order chi connectivity index (χ0) is 24.5. The Hall–Kier alpha value is -2.13. The van der Waals surface area contributed by atoms with Crippen molar-refractivity contribution in [3.05, 3.63) is 65.0 Å². The second-order valence-electron chi connectivity index (χ2n) is 9.48. The molecule has 1 saturated carbocycles. The molecule has 2 aliphatic rings. The van der Waals surface area contributed by atoms with E-state index in [1.165, 1.54) is 18.3 Å². The van der Waals surface area contributed by atoms with Gasteiger partial charge in [0.2, 0.25) is 0 Å². The summed E-state index contributed by atoms with van der Waals surface area (Å²) in [6, 6.07) is 6.43. The van der Waals surface area contributed by atoms with Crippen molar-refractivity contribution in [3.8, 4) is 0 Å². The fourth-order valence-electron chi connectivity index (χ4n) is 5.58. The Morgan fingerprint density at radius 3 is 2.44 bits per heavy atom. The molecular weight excluding hydrogens is 458 g/mol. The average Bonchev–Trinajstić information content (AvgIpc) is 3.23. The molecular formula is C25H28F6N2O. The van der Waals surface area contributed by atoms with E-state index in [0.29, 0.717) is 38.0 Å². The molecule has 186 valence electrons. The first-order valence-corrected chi connectivity index (χ1v) is 11.6. The third-order valence-corrected chi connectivity index (χ3v) is 7.27. The summed E-state index contributed by atoms with van der Waals surface area (Å²) in [4.78, 5) is 3.81. The standard InChI is InChI=1S/C25H28F6N2O/c26-24(27,28)20-5-3-4-19(14-20)22(10-13-34-23(17-22)7-1-2-8-23)9-12-33-16-18-15-32-11-6-21(18)25(29,30)31/h3-6,11,14-15,33H,1-2,7-10,12-13,16-17H2/t22-/m0/s1. The van der Waals surface area contributed by atoms with Crippen LogP contribution >= 0.6 is 0 Å². The van der Waals surface area contributed by atoms with Crippen LogP contribution < -0.4 is 5.32 Å². The van der Waals surface area contributed by atoms with E-state index in [1.54, 1.807) is 6.07 Å². The number of hydrogen-bond acceptors (Lipinski definition) is 3. The lowest BCUT2D eigenvalue weighted by molar-refractivity contribution is -0.139. The van der Waals surface area contributed by atoms with Gasteiger partial charge in [0.1, 0.15) is 0 Å². The van der Waals surface area contributed by atoms with Gasteiger partial charge in [-0.05, 0) is 61.9 Å². The Balaban J connectivity index is 1.55. The van der Waals surface area contributed by atoms with E-state index < -0.39 is 28.9 Å².